The Morgan fingerprint density at radius 1 is 0.375 bits per heavy atom. The van der Waals surface area contributed by atoms with E-state index in [1.54, 1.807) is 11.3 Å². The predicted octanol–water partition coefficient (Wildman–Crippen LogP) is 13.1. The van der Waals surface area contributed by atoms with Crippen molar-refractivity contribution in [2.75, 3.05) is 0 Å². The van der Waals surface area contributed by atoms with Gasteiger partial charge in [0.15, 0.2) is 17.5 Å². The van der Waals surface area contributed by atoms with Crippen LogP contribution in [-0.4, -0.2) is 24.5 Å². The molecule has 0 amide bonds. The number of thiazole rings is 1. The summed E-state index contributed by atoms with van der Waals surface area (Å²) in [7, 11) is 0. The minimum absolute atomic E-state index is 0.619. The number of nitrogens with zero attached hydrogens (tertiary/aromatic N) is 5. The predicted molar refractivity (Wildman–Crippen MR) is 232 cm³/mol. The van der Waals surface area contributed by atoms with Crippen LogP contribution in [0, 0.1) is 0 Å². The van der Waals surface area contributed by atoms with Crippen LogP contribution in [0.4, 0.5) is 0 Å². The number of fused-ring (bicyclic) bond motifs is 6. The second-order valence-electron chi connectivity index (χ2n) is 13.8. The Kier molecular flexibility index (Phi) is 7.60. The van der Waals surface area contributed by atoms with Gasteiger partial charge in [-0.3, -0.25) is 0 Å². The van der Waals surface area contributed by atoms with E-state index in [-0.39, 0.29) is 0 Å². The fourth-order valence-electron chi connectivity index (χ4n) is 7.92. The summed E-state index contributed by atoms with van der Waals surface area (Å²) in [5, 5.41) is 5.36. The van der Waals surface area contributed by atoms with E-state index in [4.69, 9.17) is 19.9 Å². The van der Waals surface area contributed by atoms with E-state index >= 15 is 0 Å². The van der Waals surface area contributed by atoms with Crippen molar-refractivity contribution in [1.29, 1.82) is 0 Å². The van der Waals surface area contributed by atoms with Gasteiger partial charge in [0, 0.05) is 44.1 Å². The normalized spacial score (nSPS) is 11.6. The summed E-state index contributed by atoms with van der Waals surface area (Å²) in [5.74, 6) is 1.87. The average Bonchev–Trinajstić information content (AvgIpc) is 3.87. The first-order chi connectivity index (χ1) is 27.8. The number of hydrogen-bond donors (Lipinski definition) is 0. The maximum atomic E-state index is 5.33. The minimum Gasteiger partial charge on any atom is -0.309 e. The molecule has 262 valence electrons. The van der Waals surface area contributed by atoms with Crippen molar-refractivity contribution in [3.05, 3.63) is 188 Å². The standard InChI is InChI=1S/C50H31N5S/c1-4-15-32(16-5-1)35-21-12-22-36(31-35)55-42-27-11-10-23-40(42)45-41(26-14-28-43(45)55)49-53-47(33-17-6-2-7-18-33)52-48(54-49)39-25-13-24-38-37(39)29-30-44-46(38)51-50(56-44)34-19-8-3-9-20-34/h1-31H. The highest BCUT2D eigenvalue weighted by molar-refractivity contribution is 7.21. The van der Waals surface area contributed by atoms with E-state index < -0.39 is 0 Å². The van der Waals surface area contributed by atoms with Gasteiger partial charge < -0.3 is 4.57 Å². The van der Waals surface area contributed by atoms with E-state index in [1.165, 1.54) is 11.1 Å². The molecule has 0 aliphatic carbocycles. The van der Waals surface area contributed by atoms with Gasteiger partial charge in [-0.2, -0.15) is 0 Å². The molecule has 56 heavy (non-hydrogen) atoms. The molecule has 0 unspecified atom stereocenters. The molecule has 0 atom stereocenters. The Balaban J connectivity index is 1.13. The zero-order valence-electron chi connectivity index (χ0n) is 30.0. The van der Waals surface area contributed by atoms with Crippen LogP contribution in [0.3, 0.4) is 0 Å². The second kappa shape index (κ2) is 13.2. The van der Waals surface area contributed by atoms with Crippen molar-refractivity contribution in [1.82, 2.24) is 24.5 Å². The summed E-state index contributed by atoms with van der Waals surface area (Å²) in [5.41, 5.74) is 10.6. The van der Waals surface area contributed by atoms with Crippen LogP contribution in [-0.2, 0) is 0 Å². The van der Waals surface area contributed by atoms with Gasteiger partial charge in [0.1, 0.15) is 5.01 Å². The monoisotopic (exact) mass is 733 g/mol. The first-order valence-electron chi connectivity index (χ1n) is 18.6. The van der Waals surface area contributed by atoms with E-state index in [2.05, 4.69) is 168 Å². The molecule has 0 fully saturated rings. The number of rotatable bonds is 6. The fraction of sp³-hybridized carbons (Fsp3) is 0. The van der Waals surface area contributed by atoms with Gasteiger partial charge in [-0.1, -0.05) is 158 Å². The Morgan fingerprint density at radius 3 is 1.77 bits per heavy atom. The zero-order valence-corrected chi connectivity index (χ0v) is 30.9. The van der Waals surface area contributed by atoms with Gasteiger partial charge in [0.2, 0.25) is 0 Å². The molecule has 5 nitrogen and oxygen atoms in total. The number of hydrogen-bond acceptors (Lipinski definition) is 5. The summed E-state index contributed by atoms with van der Waals surface area (Å²) in [6.07, 6.45) is 0. The average molecular weight is 734 g/mol. The first-order valence-corrected chi connectivity index (χ1v) is 19.5. The quantitative estimate of drug-likeness (QED) is 0.171. The summed E-state index contributed by atoms with van der Waals surface area (Å²) in [4.78, 5) is 20.9. The molecule has 3 aromatic heterocycles. The molecule has 0 bridgehead atoms. The van der Waals surface area contributed by atoms with Crippen molar-refractivity contribution in [3.63, 3.8) is 0 Å². The second-order valence-corrected chi connectivity index (χ2v) is 14.9. The molecule has 11 rings (SSSR count). The molecule has 0 aliphatic rings. The smallest absolute Gasteiger partial charge is 0.164 e. The topological polar surface area (TPSA) is 56.5 Å². The largest absolute Gasteiger partial charge is 0.309 e. The molecule has 0 saturated heterocycles. The van der Waals surface area contributed by atoms with Crippen LogP contribution in [0.25, 0.3) is 104 Å². The molecule has 0 N–H and O–H groups in total. The highest BCUT2D eigenvalue weighted by Crippen LogP contribution is 2.41. The van der Waals surface area contributed by atoms with Crippen LogP contribution >= 0.6 is 11.3 Å². The Bertz CT molecular complexity index is 3240. The lowest BCUT2D eigenvalue weighted by Crippen LogP contribution is -2.01. The van der Waals surface area contributed by atoms with Crippen molar-refractivity contribution in [2.45, 2.75) is 0 Å². The molecular weight excluding hydrogens is 703 g/mol. The van der Waals surface area contributed by atoms with Gasteiger partial charge in [0.05, 0.1) is 21.3 Å². The molecule has 0 radical (unpaired) electrons. The molecule has 0 saturated carbocycles. The number of para-hydroxylation sites is 1. The lowest BCUT2D eigenvalue weighted by atomic mass is 10.0. The highest BCUT2D eigenvalue weighted by atomic mass is 32.1. The van der Waals surface area contributed by atoms with Gasteiger partial charge in [-0.05, 0) is 46.8 Å². The molecule has 0 aliphatic heterocycles. The molecule has 11 aromatic rings. The molecule has 0 spiro atoms. The van der Waals surface area contributed by atoms with E-state index in [9.17, 15) is 0 Å². The molecule has 8 aromatic carbocycles. The fourth-order valence-corrected chi connectivity index (χ4v) is 8.91. The van der Waals surface area contributed by atoms with E-state index in [0.717, 1.165) is 75.7 Å². The Labute approximate surface area is 326 Å². The third-order valence-electron chi connectivity index (χ3n) is 10.5. The summed E-state index contributed by atoms with van der Waals surface area (Å²) in [6, 6.07) is 65.6. The molecule has 3 heterocycles. The molecule has 6 heteroatoms. The van der Waals surface area contributed by atoms with Crippen molar-refractivity contribution >= 4 is 54.1 Å². The summed E-state index contributed by atoms with van der Waals surface area (Å²) in [6.45, 7) is 0. The third kappa shape index (κ3) is 5.38. The zero-order chi connectivity index (χ0) is 37.0. The summed E-state index contributed by atoms with van der Waals surface area (Å²) < 4.78 is 3.50. The first kappa shape index (κ1) is 32.2. The van der Waals surface area contributed by atoms with Crippen molar-refractivity contribution in [2.24, 2.45) is 0 Å². The van der Waals surface area contributed by atoms with Crippen molar-refractivity contribution in [3.8, 4) is 61.5 Å². The maximum Gasteiger partial charge on any atom is 0.164 e. The van der Waals surface area contributed by atoms with Gasteiger partial charge in [0.25, 0.3) is 0 Å². The van der Waals surface area contributed by atoms with Gasteiger partial charge >= 0.3 is 0 Å². The van der Waals surface area contributed by atoms with Crippen LogP contribution in [0.5, 0.6) is 0 Å². The number of benzene rings is 8. The van der Waals surface area contributed by atoms with Crippen molar-refractivity contribution < 1.29 is 0 Å². The SMILES string of the molecule is c1ccc(-c2cccc(-n3c4ccccc4c4c(-c5nc(-c6ccccc6)nc(-c6cccc7c6ccc6sc(-c8ccccc8)nc67)n5)cccc43)c2)cc1. The Morgan fingerprint density at radius 2 is 0.964 bits per heavy atom. The summed E-state index contributed by atoms with van der Waals surface area (Å²) >= 11 is 1.71. The van der Waals surface area contributed by atoms with E-state index in [1.807, 2.05) is 24.3 Å². The van der Waals surface area contributed by atoms with Gasteiger partial charge in [-0.15, -0.1) is 11.3 Å². The lowest BCUT2D eigenvalue weighted by molar-refractivity contribution is 1.08. The van der Waals surface area contributed by atoms with Crippen LogP contribution < -0.4 is 0 Å². The lowest BCUT2D eigenvalue weighted by Gasteiger charge is -2.12. The van der Waals surface area contributed by atoms with Crippen LogP contribution in [0.15, 0.2) is 188 Å². The van der Waals surface area contributed by atoms with Gasteiger partial charge in [-0.25, -0.2) is 19.9 Å². The number of aromatic nitrogens is 5. The third-order valence-corrected chi connectivity index (χ3v) is 11.6. The minimum atomic E-state index is 0.619. The van der Waals surface area contributed by atoms with Crippen LogP contribution in [0.2, 0.25) is 0 Å². The Hall–Kier alpha value is -7.28. The molecular formula is C50H31N5S. The van der Waals surface area contributed by atoms with Crippen LogP contribution in [0.1, 0.15) is 0 Å². The van der Waals surface area contributed by atoms with E-state index in [0.29, 0.717) is 17.5 Å². The maximum absolute atomic E-state index is 5.33. The highest BCUT2D eigenvalue weighted by Gasteiger charge is 2.21.